The fourth-order valence-electron chi connectivity index (χ4n) is 1.65. The molecule has 2 heterocycles. The molecule has 0 amide bonds. The Morgan fingerprint density at radius 2 is 1.41 bits per heavy atom. The zero-order valence-electron chi connectivity index (χ0n) is 9.74. The van der Waals surface area contributed by atoms with E-state index in [1.807, 2.05) is 13.8 Å². The van der Waals surface area contributed by atoms with Gasteiger partial charge in [-0.1, -0.05) is 13.8 Å². The molecule has 0 aliphatic carbocycles. The van der Waals surface area contributed by atoms with Gasteiger partial charge in [-0.3, -0.25) is 0 Å². The zero-order chi connectivity index (χ0) is 12.5. The van der Waals surface area contributed by atoms with Crippen molar-refractivity contribution in [3.05, 3.63) is 36.4 Å². The van der Waals surface area contributed by atoms with Crippen molar-refractivity contribution in [2.75, 3.05) is 0 Å². The maximum atomic E-state index is 12.4. The summed E-state index contributed by atoms with van der Waals surface area (Å²) in [6.07, 6.45) is 6.99. The molecule has 0 atom stereocenters. The largest absolute Gasteiger partial charge is 0.336 e. The number of aryl methyl sites for hydroxylation is 2. The minimum absolute atomic E-state index is 0.515. The SMILES string of the molecule is CCc1nccn1S(=O)(=O)n1ccnc1CC. The molecule has 0 fully saturated rings. The Hall–Kier alpha value is -1.63. The van der Waals surface area contributed by atoms with Crippen molar-refractivity contribution in [2.45, 2.75) is 26.7 Å². The topological polar surface area (TPSA) is 69.8 Å². The summed E-state index contributed by atoms with van der Waals surface area (Å²) in [4.78, 5) is 8.03. The van der Waals surface area contributed by atoms with E-state index in [0.717, 1.165) is 0 Å². The van der Waals surface area contributed by atoms with Crippen LogP contribution < -0.4 is 0 Å². The molecule has 0 aliphatic rings. The molecule has 0 aromatic carbocycles. The van der Waals surface area contributed by atoms with Crippen LogP contribution in [0.5, 0.6) is 0 Å². The second-order valence-corrected chi connectivity index (χ2v) is 5.18. The number of hydrogen-bond acceptors (Lipinski definition) is 4. The van der Waals surface area contributed by atoms with Gasteiger partial charge in [0.25, 0.3) is 0 Å². The molecule has 0 saturated carbocycles. The summed E-state index contributed by atoms with van der Waals surface area (Å²) in [6, 6.07) is 0. The molecule has 0 aliphatic heterocycles. The highest BCUT2D eigenvalue weighted by molar-refractivity contribution is 7.88. The van der Waals surface area contributed by atoms with Crippen molar-refractivity contribution in [1.29, 1.82) is 0 Å². The first-order valence-electron chi connectivity index (χ1n) is 5.41. The Labute approximate surface area is 100 Å². The van der Waals surface area contributed by atoms with Crippen molar-refractivity contribution >= 4 is 10.2 Å². The Kier molecular flexibility index (Phi) is 3.01. The third kappa shape index (κ3) is 1.86. The molecule has 0 bridgehead atoms. The first-order valence-corrected chi connectivity index (χ1v) is 6.81. The van der Waals surface area contributed by atoms with Gasteiger partial charge in [0.05, 0.1) is 0 Å². The average molecular weight is 254 g/mol. The van der Waals surface area contributed by atoms with E-state index >= 15 is 0 Å². The molecule has 0 spiro atoms. The number of hydrogen-bond donors (Lipinski definition) is 0. The van der Waals surface area contributed by atoms with Crippen LogP contribution in [-0.2, 0) is 23.1 Å². The molecule has 2 aromatic rings. The fourth-order valence-corrected chi connectivity index (χ4v) is 3.15. The zero-order valence-corrected chi connectivity index (χ0v) is 10.6. The lowest BCUT2D eigenvalue weighted by molar-refractivity contribution is 0.572. The summed E-state index contributed by atoms with van der Waals surface area (Å²) >= 11 is 0. The average Bonchev–Trinajstić information content (AvgIpc) is 2.97. The summed E-state index contributed by atoms with van der Waals surface area (Å²) in [6.45, 7) is 3.73. The van der Waals surface area contributed by atoms with E-state index in [0.29, 0.717) is 24.5 Å². The molecule has 92 valence electrons. The normalized spacial score (nSPS) is 11.9. The van der Waals surface area contributed by atoms with E-state index in [4.69, 9.17) is 0 Å². The van der Waals surface area contributed by atoms with Gasteiger partial charge in [0.15, 0.2) is 0 Å². The highest BCUT2D eigenvalue weighted by atomic mass is 32.2. The number of imidazole rings is 2. The van der Waals surface area contributed by atoms with Crippen molar-refractivity contribution in [3.63, 3.8) is 0 Å². The van der Waals surface area contributed by atoms with Crippen LogP contribution in [0.3, 0.4) is 0 Å². The molecule has 0 N–H and O–H groups in total. The molecule has 0 unspecified atom stereocenters. The van der Waals surface area contributed by atoms with Crippen LogP contribution in [0, 0.1) is 0 Å². The number of aromatic nitrogens is 4. The third-order valence-corrected chi connectivity index (χ3v) is 4.15. The highest BCUT2D eigenvalue weighted by Crippen LogP contribution is 2.10. The Bertz CT molecular complexity index is 564. The van der Waals surface area contributed by atoms with Crippen molar-refractivity contribution in [2.24, 2.45) is 0 Å². The van der Waals surface area contributed by atoms with Gasteiger partial charge in [0, 0.05) is 37.6 Å². The summed E-state index contributed by atoms with van der Waals surface area (Å²) in [7, 11) is -3.63. The second kappa shape index (κ2) is 4.33. The van der Waals surface area contributed by atoms with Gasteiger partial charge < -0.3 is 0 Å². The van der Waals surface area contributed by atoms with Gasteiger partial charge in [-0.05, 0) is 0 Å². The minimum atomic E-state index is -3.63. The van der Waals surface area contributed by atoms with Gasteiger partial charge in [0.1, 0.15) is 11.6 Å². The minimum Gasteiger partial charge on any atom is -0.241 e. The van der Waals surface area contributed by atoms with Gasteiger partial charge in [0.2, 0.25) is 0 Å². The van der Waals surface area contributed by atoms with Crippen LogP contribution in [0.2, 0.25) is 0 Å². The van der Waals surface area contributed by atoms with Crippen LogP contribution in [0.1, 0.15) is 25.5 Å². The number of nitrogens with zero attached hydrogens (tertiary/aromatic N) is 4. The van der Waals surface area contributed by atoms with Crippen LogP contribution in [-0.4, -0.2) is 26.3 Å². The van der Waals surface area contributed by atoms with Gasteiger partial charge in [-0.15, -0.1) is 0 Å². The van der Waals surface area contributed by atoms with Crippen LogP contribution in [0.25, 0.3) is 0 Å². The summed E-state index contributed by atoms with van der Waals surface area (Å²) in [5.74, 6) is 1.03. The van der Waals surface area contributed by atoms with E-state index in [1.165, 1.54) is 32.7 Å². The standard InChI is InChI=1S/C10H14N4O2S/c1-3-9-11-5-7-13(9)17(15,16)14-8-6-12-10(14)4-2/h5-8H,3-4H2,1-2H3. The highest BCUT2D eigenvalue weighted by Gasteiger charge is 2.20. The first kappa shape index (κ1) is 11.8. The lowest BCUT2D eigenvalue weighted by Gasteiger charge is -2.10. The van der Waals surface area contributed by atoms with Crippen LogP contribution in [0.4, 0.5) is 0 Å². The molecule has 17 heavy (non-hydrogen) atoms. The molecular weight excluding hydrogens is 240 g/mol. The molecule has 6 nitrogen and oxygen atoms in total. The maximum absolute atomic E-state index is 12.4. The van der Waals surface area contributed by atoms with E-state index in [1.54, 1.807) is 0 Å². The van der Waals surface area contributed by atoms with Gasteiger partial charge >= 0.3 is 10.2 Å². The smallest absolute Gasteiger partial charge is 0.241 e. The lowest BCUT2D eigenvalue weighted by Crippen LogP contribution is -2.23. The van der Waals surface area contributed by atoms with E-state index in [-0.39, 0.29) is 0 Å². The van der Waals surface area contributed by atoms with Crippen molar-refractivity contribution in [3.8, 4) is 0 Å². The monoisotopic (exact) mass is 254 g/mol. The lowest BCUT2D eigenvalue weighted by atomic mass is 10.5. The van der Waals surface area contributed by atoms with Crippen molar-refractivity contribution in [1.82, 2.24) is 17.9 Å². The quantitative estimate of drug-likeness (QED) is 0.811. The van der Waals surface area contributed by atoms with Crippen LogP contribution in [0.15, 0.2) is 24.8 Å². The predicted molar refractivity (Wildman–Crippen MR) is 62.9 cm³/mol. The summed E-state index contributed by atoms with van der Waals surface area (Å²) in [5.41, 5.74) is 0. The molecule has 2 aromatic heterocycles. The Morgan fingerprint density at radius 3 is 1.76 bits per heavy atom. The third-order valence-electron chi connectivity index (χ3n) is 2.49. The van der Waals surface area contributed by atoms with Gasteiger partial charge in [-0.2, -0.15) is 8.42 Å². The fraction of sp³-hybridized carbons (Fsp3) is 0.400. The summed E-state index contributed by atoms with van der Waals surface area (Å²) in [5, 5.41) is 0. The van der Waals surface area contributed by atoms with Crippen molar-refractivity contribution < 1.29 is 8.42 Å². The molecule has 0 radical (unpaired) electrons. The molecule has 7 heteroatoms. The molecule has 2 rings (SSSR count). The first-order chi connectivity index (χ1) is 8.11. The molecule has 0 saturated heterocycles. The second-order valence-electron chi connectivity index (χ2n) is 3.49. The maximum Gasteiger partial charge on any atom is 0.336 e. The van der Waals surface area contributed by atoms with E-state index in [2.05, 4.69) is 9.97 Å². The summed E-state index contributed by atoms with van der Waals surface area (Å²) < 4.78 is 27.1. The van der Waals surface area contributed by atoms with Crippen LogP contribution >= 0.6 is 0 Å². The van der Waals surface area contributed by atoms with E-state index < -0.39 is 10.2 Å². The number of rotatable bonds is 4. The van der Waals surface area contributed by atoms with E-state index in [9.17, 15) is 8.42 Å². The Balaban J connectivity index is 2.58. The molecular formula is C10H14N4O2S. The predicted octanol–water partition coefficient (Wildman–Crippen LogP) is 0.846. The Morgan fingerprint density at radius 1 is 1.00 bits per heavy atom. The van der Waals surface area contributed by atoms with Gasteiger partial charge in [-0.25, -0.2) is 17.9 Å².